The summed E-state index contributed by atoms with van der Waals surface area (Å²) in [6, 6.07) is 26.0. The fraction of sp³-hybridized carbons (Fsp3) is 0.107. The molecule has 1 heterocycles. The van der Waals surface area contributed by atoms with Crippen LogP contribution in [-0.2, 0) is 6.42 Å². The first-order valence-electron chi connectivity index (χ1n) is 11.7. The van der Waals surface area contributed by atoms with E-state index in [1.165, 1.54) is 24.3 Å². The maximum absolute atomic E-state index is 12.6. The minimum Gasteiger partial charge on any atom is -0.492 e. The van der Waals surface area contributed by atoms with Gasteiger partial charge in [0.05, 0.1) is 25.7 Å². The van der Waals surface area contributed by atoms with Crippen LogP contribution in [0.25, 0.3) is 11.1 Å². The Labute approximate surface area is 208 Å². The minimum absolute atomic E-state index is 0.0984. The van der Waals surface area contributed by atoms with Crippen LogP contribution in [-0.4, -0.2) is 18.6 Å². The lowest BCUT2D eigenvalue weighted by molar-refractivity contribution is -0.274. The van der Waals surface area contributed by atoms with Gasteiger partial charge in [0.2, 0.25) is 0 Å². The highest BCUT2D eigenvalue weighted by Crippen LogP contribution is 2.46. The average molecular weight is 496 g/mol. The largest absolute Gasteiger partial charge is 0.573 e. The Bertz CT molecular complexity index is 1420. The van der Waals surface area contributed by atoms with Crippen LogP contribution >= 0.6 is 11.6 Å². The van der Waals surface area contributed by atoms with Crippen LogP contribution < -0.4 is 9.47 Å². The summed E-state index contributed by atoms with van der Waals surface area (Å²) in [6.45, 7) is -2.00. The fourth-order valence-electron chi connectivity index (χ4n) is 3.88. The molecule has 0 aromatic heterocycles. The fourth-order valence-corrected chi connectivity index (χ4v) is 4.13. The third-order valence-electron chi connectivity index (χ3n) is 5.44. The van der Waals surface area contributed by atoms with Crippen molar-refractivity contribution in [3.05, 3.63) is 113 Å². The molecule has 0 N–H and O–H groups in total. The van der Waals surface area contributed by atoms with E-state index in [2.05, 4.69) is 4.74 Å². The maximum Gasteiger partial charge on any atom is 0.573 e. The first-order chi connectivity index (χ1) is 17.6. The van der Waals surface area contributed by atoms with Crippen LogP contribution in [0.1, 0.15) is 19.4 Å². The van der Waals surface area contributed by atoms with Crippen LogP contribution in [0.2, 0.25) is 5.02 Å². The van der Waals surface area contributed by atoms with Crippen LogP contribution in [0.5, 0.6) is 11.5 Å². The summed E-state index contributed by atoms with van der Waals surface area (Å²) >= 11 is 6.76. The molecule has 0 aliphatic carbocycles. The van der Waals surface area contributed by atoms with E-state index in [0.717, 1.165) is 11.1 Å². The first kappa shape index (κ1) is 20.6. The van der Waals surface area contributed by atoms with E-state index >= 15 is 0 Å². The highest BCUT2D eigenvalue weighted by molar-refractivity contribution is 6.34. The molecule has 4 aromatic carbocycles. The zero-order valence-corrected chi connectivity index (χ0v) is 18.9. The lowest BCUT2D eigenvalue weighted by atomic mass is 9.99. The molecule has 0 saturated carbocycles. The topological polar surface area (TPSA) is 30.8 Å². The Morgan fingerprint density at radius 2 is 1.51 bits per heavy atom. The molecule has 1 aliphatic rings. The molecule has 0 spiro atoms. The molecule has 0 radical (unpaired) electrons. The van der Waals surface area contributed by atoms with Crippen molar-refractivity contribution in [3.63, 3.8) is 0 Å². The third kappa shape index (κ3) is 5.03. The molecule has 0 atom stereocenters. The number of ether oxygens (including phenoxy) is 2. The summed E-state index contributed by atoms with van der Waals surface area (Å²) in [4.78, 5) is 4.91. The molecule has 0 saturated heterocycles. The number of hydrogen-bond donors (Lipinski definition) is 0. The van der Waals surface area contributed by atoms with Crippen molar-refractivity contribution in [3.8, 4) is 22.6 Å². The van der Waals surface area contributed by atoms with Gasteiger partial charge >= 0.3 is 6.36 Å². The van der Waals surface area contributed by atoms with Gasteiger partial charge in [-0.15, -0.1) is 13.2 Å². The van der Waals surface area contributed by atoms with Crippen LogP contribution in [0, 0.1) is 0 Å². The van der Waals surface area contributed by atoms with Crippen molar-refractivity contribution in [1.29, 1.82) is 0 Å². The quantitative estimate of drug-likeness (QED) is 0.262. The molecule has 35 heavy (non-hydrogen) atoms. The van der Waals surface area contributed by atoms with E-state index in [4.69, 9.17) is 24.1 Å². The predicted octanol–water partition coefficient (Wildman–Crippen LogP) is 8.01. The summed E-state index contributed by atoms with van der Waals surface area (Å²) in [6.07, 6.45) is -4.91. The average Bonchev–Trinajstić information content (AvgIpc) is 3.20. The number of aliphatic imine (C=N–C) groups is 1. The number of benzene rings is 4. The number of fused-ring (bicyclic) bond motifs is 1. The van der Waals surface area contributed by atoms with Gasteiger partial charge in [-0.2, -0.15) is 0 Å². The van der Waals surface area contributed by atoms with Gasteiger partial charge in [-0.25, -0.2) is 4.99 Å². The van der Waals surface area contributed by atoms with Crippen LogP contribution in [0.3, 0.4) is 0 Å². The van der Waals surface area contributed by atoms with Gasteiger partial charge in [-0.05, 0) is 23.8 Å². The number of alkyl halides is 3. The Hall–Kier alpha value is -3.77. The van der Waals surface area contributed by atoms with E-state index < -0.39 is 12.9 Å². The highest BCUT2D eigenvalue weighted by Gasteiger charge is 2.31. The lowest BCUT2D eigenvalue weighted by Gasteiger charge is -2.14. The highest BCUT2D eigenvalue weighted by atomic mass is 35.5. The lowest BCUT2D eigenvalue weighted by Crippen LogP contribution is -2.16. The van der Waals surface area contributed by atoms with Gasteiger partial charge < -0.3 is 9.47 Å². The normalized spacial score (nSPS) is 14.9. The van der Waals surface area contributed by atoms with Crippen molar-refractivity contribution in [2.45, 2.75) is 12.8 Å². The molecule has 5 rings (SSSR count). The minimum atomic E-state index is -4.81. The van der Waals surface area contributed by atoms with Crippen molar-refractivity contribution in [2.24, 2.45) is 4.99 Å². The van der Waals surface area contributed by atoms with E-state index in [-0.39, 0.29) is 22.9 Å². The number of nitrogens with zero attached hydrogens (tertiary/aromatic N) is 1. The summed E-state index contributed by atoms with van der Waals surface area (Å²) in [5.74, 6) is -0.133. The number of hydrogen-bond acceptors (Lipinski definition) is 3. The molecule has 0 amide bonds. The molecular formula is C28H19ClF3NO2. The molecule has 7 heteroatoms. The molecule has 0 bridgehead atoms. The summed E-state index contributed by atoms with van der Waals surface area (Å²) in [5, 5.41) is 0.251. The van der Waals surface area contributed by atoms with Crippen molar-refractivity contribution in [2.75, 3.05) is 6.56 Å². The maximum atomic E-state index is 12.6. The standard InChI is InChI=1S/C28H19ClF3NO2/c29-25-22-15-16-34-27(22)23(18-11-13-21(14-12-18)35-28(30,31)32)17-24(25)33-26(19-7-3-1-4-8-19)20-9-5-2-6-10-20/h1-14,17H,15-16H2/i16D2. The SMILES string of the molecule is [2H]C1([2H])Cc2c(Cl)c(N=C(c3ccccc3)c3ccccc3)cc(-c3ccc(OC(F)(F)F)cc3)c2O1. The zero-order chi connectivity index (χ0) is 26.2. The van der Waals surface area contributed by atoms with E-state index in [9.17, 15) is 13.2 Å². The molecule has 176 valence electrons. The Balaban J connectivity index is 1.67. The molecule has 3 nitrogen and oxygen atoms in total. The summed E-state index contributed by atoms with van der Waals surface area (Å²) in [7, 11) is 0. The predicted molar refractivity (Wildman–Crippen MR) is 131 cm³/mol. The molecule has 0 unspecified atom stereocenters. The van der Waals surface area contributed by atoms with Crippen molar-refractivity contribution < 1.29 is 25.4 Å². The molecule has 1 aliphatic heterocycles. The van der Waals surface area contributed by atoms with Crippen LogP contribution in [0.15, 0.2) is 96.0 Å². The Morgan fingerprint density at radius 1 is 0.914 bits per heavy atom. The van der Waals surface area contributed by atoms with Gasteiger partial charge in [-0.1, -0.05) is 84.4 Å². The van der Waals surface area contributed by atoms with Gasteiger partial charge in [0.15, 0.2) is 0 Å². The van der Waals surface area contributed by atoms with Gasteiger partial charge in [-0.3, -0.25) is 0 Å². The molecular weight excluding hydrogens is 475 g/mol. The smallest absolute Gasteiger partial charge is 0.492 e. The monoisotopic (exact) mass is 495 g/mol. The summed E-state index contributed by atoms with van der Waals surface area (Å²) in [5.41, 5.74) is 4.15. The van der Waals surface area contributed by atoms with E-state index in [1.807, 2.05) is 60.7 Å². The second-order valence-electron chi connectivity index (χ2n) is 7.75. The molecule has 4 aromatic rings. The van der Waals surface area contributed by atoms with Gasteiger partial charge in [0.1, 0.15) is 11.5 Å². The second kappa shape index (κ2) is 9.47. The third-order valence-corrected chi connectivity index (χ3v) is 5.86. The van der Waals surface area contributed by atoms with Gasteiger partial charge in [0.25, 0.3) is 0 Å². The first-order valence-corrected chi connectivity index (χ1v) is 11.1. The second-order valence-corrected chi connectivity index (χ2v) is 8.13. The number of rotatable bonds is 5. The Kier molecular flexibility index (Phi) is 5.57. The Morgan fingerprint density at radius 3 is 2.09 bits per heavy atom. The number of halogens is 4. The molecule has 0 fully saturated rings. The van der Waals surface area contributed by atoms with E-state index in [0.29, 0.717) is 28.1 Å². The van der Waals surface area contributed by atoms with Crippen molar-refractivity contribution >= 4 is 23.0 Å². The van der Waals surface area contributed by atoms with Crippen molar-refractivity contribution in [1.82, 2.24) is 0 Å². The zero-order valence-electron chi connectivity index (χ0n) is 20.1. The van der Waals surface area contributed by atoms with Gasteiger partial charge in [0, 0.05) is 28.7 Å². The van der Waals surface area contributed by atoms with Crippen LogP contribution in [0.4, 0.5) is 18.9 Å². The van der Waals surface area contributed by atoms with E-state index in [1.54, 1.807) is 6.07 Å². The summed E-state index contributed by atoms with van der Waals surface area (Å²) < 4.78 is 63.7.